The topological polar surface area (TPSA) is 89.9 Å². The Morgan fingerprint density at radius 3 is 1.81 bits per heavy atom. The van der Waals surface area contributed by atoms with Crippen LogP contribution >= 0.6 is 0 Å². The summed E-state index contributed by atoms with van der Waals surface area (Å²) in [7, 11) is 3.24. The van der Waals surface area contributed by atoms with Gasteiger partial charge in [-0.3, -0.25) is 14.4 Å². The SMILES string of the molecule is C.COC(C)C(CCCCCCCC(=O)O)C(C)=O.COC(C)CC(C)=O.[2HH]. The molecule has 6 heteroatoms. The molecule has 164 valence electrons. The van der Waals surface area contributed by atoms with Crippen molar-refractivity contribution < 1.29 is 30.4 Å². The van der Waals surface area contributed by atoms with Crippen molar-refractivity contribution in [2.24, 2.45) is 5.92 Å². The molecule has 0 radical (unpaired) electrons. The number of ketones is 2. The first kappa shape index (κ1) is 30.5. The smallest absolute Gasteiger partial charge is 0.303 e. The zero-order chi connectivity index (χ0) is 20.5. The van der Waals surface area contributed by atoms with E-state index in [0.29, 0.717) is 6.42 Å². The van der Waals surface area contributed by atoms with E-state index in [1.165, 1.54) is 0 Å². The molecule has 0 aliphatic heterocycles. The Bertz CT molecular complexity index is 400. The summed E-state index contributed by atoms with van der Waals surface area (Å²) in [4.78, 5) is 32.1. The fourth-order valence-corrected chi connectivity index (χ4v) is 2.59. The molecule has 0 fully saturated rings. The van der Waals surface area contributed by atoms with Crippen LogP contribution in [0.2, 0.25) is 0 Å². The van der Waals surface area contributed by atoms with Gasteiger partial charge in [0.2, 0.25) is 0 Å². The Morgan fingerprint density at radius 1 is 0.926 bits per heavy atom. The molecule has 27 heavy (non-hydrogen) atoms. The summed E-state index contributed by atoms with van der Waals surface area (Å²) in [5.74, 6) is -0.357. The van der Waals surface area contributed by atoms with Gasteiger partial charge in [-0.1, -0.05) is 33.1 Å². The number of carboxylic acid groups (broad SMARTS) is 1. The number of unbranched alkanes of at least 4 members (excludes halogenated alkanes) is 4. The molecule has 0 bridgehead atoms. The van der Waals surface area contributed by atoms with Crippen molar-refractivity contribution in [3.63, 3.8) is 0 Å². The first-order valence-electron chi connectivity index (χ1n) is 9.42. The number of ether oxygens (including phenoxy) is 2. The van der Waals surface area contributed by atoms with Crippen LogP contribution in [0.5, 0.6) is 0 Å². The van der Waals surface area contributed by atoms with Crippen molar-refractivity contribution >= 4 is 17.5 Å². The number of carboxylic acids is 1. The normalized spacial score (nSPS) is 13.4. The number of hydrogen-bond acceptors (Lipinski definition) is 5. The van der Waals surface area contributed by atoms with Crippen molar-refractivity contribution in [1.29, 1.82) is 0 Å². The average molecular weight is 394 g/mol. The fraction of sp³-hybridized carbons (Fsp3) is 0.857. The summed E-state index contributed by atoms with van der Waals surface area (Å²) < 4.78 is 10.0. The quantitative estimate of drug-likeness (QED) is 0.421. The van der Waals surface area contributed by atoms with Crippen molar-refractivity contribution in [2.75, 3.05) is 14.2 Å². The van der Waals surface area contributed by atoms with Gasteiger partial charge in [0.05, 0.1) is 12.2 Å². The van der Waals surface area contributed by atoms with E-state index in [1.54, 1.807) is 28.1 Å². The van der Waals surface area contributed by atoms with Crippen LogP contribution in [0.3, 0.4) is 0 Å². The lowest BCUT2D eigenvalue weighted by Crippen LogP contribution is -2.25. The summed E-state index contributed by atoms with van der Waals surface area (Å²) in [5.41, 5.74) is 0. The van der Waals surface area contributed by atoms with Crippen LogP contribution in [-0.4, -0.2) is 49.1 Å². The molecule has 1 N–H and O–H groups in total. The summed E-state index contributed by atoms with van der Waals surface area (Å²) in [6, 6.07) is 0. The highest BCUT2D eigenvalue weighted by Gasteiger charge is 2.20. The van der Waals surface area contributed by atoms with Crippen molar-refractivity contribution in [3.8, 4) is 0 Å². The standard InChI is InChI=1S/C14H26O4.C6H12O2.CH4.H2/c1-11(15)13(12(2)18-3)9-7-5-4-6-8-10-14(16)17;1-5(7)4-6(2)8-3;;/h12-13H,4-10H2,1-3H3,(H,16,17);6H,4H2,1-3H3;1H4;1H/i;;;1+1. The van der Waals surface area contributed by atoms with Crippen LogP contribution in [0, 0.1) is 5.92 Å². The molecular formula is C21H44O6. The second-order valence-electron chi connectivity index (χ2n) is 6.81. The molecule has 0 saturated heterocycles. The van der Waals surface area contributed by atoms with Gasteiger partial charge in [-0.15, -0.1) is 0 Å². The van der Waals surface area contributed by atoms with Crippen molar-refractivity contribution in [3.05, 3.63) is 0 Å². The second kappa shape index (κ2) is 19.5. The first-order chi connectivity index (χ1) is 12.1. The predicted octanol–water partition coefficient (Wildman–Crippen LogP) is 4.92. The molecule has 6 nitrogen and oxygen atoms in total. The van der Waals surface area contributed by atoms with Gasteiger partial charge >= 0.3 is 5.97 Å². The highest BCUT2D eigenvalue weighted by Crippen LogP contribution is 2.18. The Morgan fingerprint density at radius 2 is 1.44 bits per heavy atom. The fourth-order valence-electron chi connectivity index (χ4n) is 2.59. The van der Waals surface area contributed by atoms with Gasteiger partial charge in [-0.25, -0.2) is 0 Å². The predicted molar refractivity (Wildman–Crippen MR) is 111 cm³/mol. The number of rotatable bonds is 14. The number of methoxy groups -OCH3 is 2. The Kier molecular flexibility index (Phi) is 22.0. The van der Waals surface area contributed by atoms with E-state index < -0.39 is 5.97 Å². The van der Waals surface area contributed by atoms with Crippen LogP contribution in [0.4, 0.5) is 0 Å². The Balaban J connectivity index is -0.000000246. The molecule has 3 unspecified atom stereocenters. The van der Waals surface area contributed by atoms with Gasteiger partial charge in [0, 0.05) is 34.4 Å². The van der Waals surface area contributed by atoms with E-state index in [1.807, 2.05) is 13.8 Å². The van der Waals surface area contributed by atoms with E-state index >= 15 is 0 Å². The maximum atomic E-state index is 11.4. The number of Topliss-reactive ketones (excluding diaryl/α,β-unsaturated/α-hetero) is 2. The Labute approximate surface area is 167 Å². The zero-order valence-electron chi connectivity index (χ0n) is 17.4. The zero-order valence-corrected chi connectivity index (χ0v) is 17.4. The van der Waals surface area contributed by atoms with Gasteiger partial charge < -0.3 is 14.6 Å². The molecule has 0 aromatic carbocycles. The molecular weight excluding hydrogens is 348 g/mol. The first-order valence-corrected chi connectivity index (χ1v) is 9.42. The monoisotopic (exact) mass is 393 g/mol. The van der Waals surface area contributed by atoms with Crippen LogP contribution in [0.15, 0.2) is 0 Å². The van der Waals surface area contributed by atoms with Crippen molar-refractivity contribution in [1.82, 2.24) is 0 Å². The molecule has 0 aliphatic rings. The van der Waals surface area contributed by atoms with Crippen LogP contribution in [0.1, 0.15) is 87.9 Å². The summed E-state index contributed by atoms with van der Waals surface area (Å²) in [6.45, 7) is 6.99. The molecule has 0 heterocycles. The third-order valence-electron chi connectivity index (χ3n) is 4.34. The van der Waals surface area contributed by atoms with Crippen LogP contribution in [-0.2, 0) is 23.9 Å². The van der Waals surface area contributed by atoms with Gasteiger partial charge in [0.1, 0.15) is 11.6 Å². The molecule has 3 atom stereocenters. The van der Waals surface area contributed by atoms with E-state index in [4.69, 9.17) is 14.6 Å². The van der Waals surface area contributed by atoms with Crippen molar-refractivity contribution in [2.45, 2.75) is 98.7 Å². The minimum atomic E-state index is -0.722. The average Bonchev–Trinajstić information content (AvgIpc) is 2.56. The number of hydrogen-bond donors (Lipinski definition) is 1. The van der Waals surface area contributed by atoms with Crippen LogP contribution < -0.4 is 0 Å². The lowest BCUT2D eigenvalue weighted by atomic mass is 9.92. The lowest BCUT2D eigenvalue weighted by molar-refractivity contribution is -0.137. The molecule has 0 amide bonds. The minimum Gasteiger partial charge on any atom is -0.481 e. The number of carbonyl (C=O) groups excluding carboxylic acids is 2. The third kappa shape index (κ3) is 20.9. The van der Waals surface area contributed by atoms with Gasteiger partial charge in [-0.2, -0.15) is 0 Å². The third-order valence-corrected chi connectivity index (χ3v) is 4.34. The van der Waals surface area contributed by atoms with E-state index in [9.17, 15) is 14.4 Å². The van der Waals surface area contributed by atoms with E-state index in [-0.39, 0.29) is 45.0 Å². The highest BCUT2D eigenvalue weighted by atomic mass is 16.5. The Hall–Kier alpha value is -1.27. The largest absolute Gasteiger partial charge is 0.481 e. The summed E-state index contributed by atoms with van der Waals surface area (Å²) in [5, 5.41) is 8.49. The van der Waals surface area contributed by atoms with Gasteiger partial charge in [0.25, 0.3) is 0 Å². The minimum absolute atomic E-state index is 0. The molecule has 0 saturated carbocycles. The molecule has 0 spiro atoms. The van der Waals surface area contributed by atoms with Gasteiger partial charge in [0.15, 0.2) is 0 Å². The maximum absolute atomic E-state index is 11.4. The lowest BCUT2D eigenvalue weighted by Gasteiger charge is -2.19. The van der Waals surface area contributed by atoms with E-state index in [2.05, 4.69) is 0 Å². The summed E-state index contributed by atoms with van der Waals surface area (Å²) >= 11 is 0. The molecule has 0 rings (SSSR count). The molecule has 0 aromatic heterocycles. The highest BCUT2D eigenvalue weighted by molar-refractivity contribution is 5.78. The molecule has 0 aliphatic carbocycles. The van der Waals surface area contributed by atoms with Gasteiger partial charge in [-0.05, 0) is 40.5 Å². The number of aliphatic carboxylic acids is 1. The molecule has 0 aromatic rings. The summed E-state index contributed by atoms with van der Waals surface area (Å²) in [6.07, 6.45) is 6.51. The van der Waals surface area contributed by atoms with Crippen LogP contribution in [0.25, 0.3) is 0 Å². The maximum Gasteiger partial charge on any atom is 0.303 e. The van der Waals surface area contributed by atoms with E-state index in [0.717, 1.165) is 38.5 Å². The number of carbonyl (C=O) groups is 3. The second-order valence-corrected chi connectivity index (χ2v) is 6.81.